The van der Waals surface area contributed by atoms with Crippen LogP contribution in [0.2, 0.25) is 0 Å². The highest BCUT2D eigenvalue weighted by molar-refractivity contribution is 7.09. The molecule has 3 heterocycles. The molecule has 5 nitrogen and oxygen atoms in total. The molecule has 0 bridgehead atoms. The molecule has 0 unspecified atom stereocenters. The summed E-state index contributed by atoms with van der Waals surface area (Å²) in [7, 11) is 0. The number of rotatable bonds is 2. The second kappa shape index (κ2) is 6.43. The lowest BCUT2D eigenvalue weighted by molar-refractivity contribution is -0.148. The summed E-state index contributed by atoms with van der Waals surface area (Å²) in [5, 5.41) is 2.97. The van der Waals surface area contributed by atoms with Crippen molar-refractivity contribution in [2.75, 3.05) is 6.54 Å². The summed E-state index contributed by atoms with van der Waals surface area (Å²) in [5.74, 6) is 1.33. The number of carbonyl (C=O) groups excluding carboxylic acids is 1. The zero-order chi connectivity index (χ0) is 16.5. The van der Waals surface area contributed by atoms with Gasteiger partial charge in [-0.1, -0.05) is 12.1 Å². The average molecular weight is 344 g/mol. The molecule has 24 heavy (non-hydrogen) atoms. The van der Waals surface area contributed by atoms with Gasteiger partial charge in [0.1, 0.15) is 11.1 Å². The minimum atomic E-state index is -0.611. The van der Waals surface area contributed by atoms with Crippen LogP contribution in [0, 0.1) is 0 Å². The normalized spacial score (nSPS) is 26.2. The van der Waals surface area contributed by atoms with Crippen LogP contribution in [0.1, 0.15) is 37.2 Å². The second-order valence-corrected chi connectivity index (χ2v) is 7.15. The SMILES string of the molecule is C[C@@H]1Oc2ccccc2O[C@H]1C(=O)N1CCCC[C@H]1c1nccs1. The highest BCUT2D eigenvalue weighted by Crippen LogP contribution is 2.37. The van der Waals surface area contributed by atoms with Gasteiger partial charge in [0, 0.05) is 18.1 Å². The number of hydrogen-bond donors (Lipinski definition) is 0. The summed E-state index contributed by atoms with van der Waals surface area (Å²) in [6.07, 6.45) is 3.97. The Kier molecular flexibility index (Phi) is 4.14. The van der Waals surface area contributed by atoms with Crippen molar-refractivity contribution in [1.82, 2.24) is 9.88 Å². The van der Waals surface area contributed by atoms with E-state index in [0.29, 0.717) is 11.5 Å². The molecule has 6 heteroatoms. The molecule has 2 aromatic rings. The highest BCUT2D eigenvalue weighted by atomic mass is 32.1. The second-order valence-electron chi connectivity index (χ2n) is 6.22. The van der Waals surface area contributed by atoms with Crippen molar-refractivity contribution in [3.05, 3.63) is 40.8 Å². The van der Waals surface area contributed by atoms with E-state index in [0.717, 1.165) is 30.8 Å². The van der Waals surface area contributed by atoms with Gasteiger partial charge in [0.05, 0.1) is 6.04 Å². The van der Waals surface area contributed by atoms with Gasteiger partial charge in [-0.25, -0.2) is 4.98 Å². The van der Waals surface area contributed by atoms with E-state index < -0.39 is 6.10 Å². The van der Waals surface area contributed by atoms with E-state index in [2.05, 4.69) is 4.98 Å². The predicted molar refractivity (Wildman–Crippen MR) is 91.4 cm³/mol. The van der Waals surface area contributed by atoms with Crippen LogP contribution in [0.15, 0.2) is 35.8 Å². The van der Waals surface area contributed by atoms with E-state index in [1.807, 2.05) is 41.5 Å². The van der Waals surface area contributed by atoms with Gasteiger partial charge in [-0.2, -0.15) is 0 Å². The zero-order valence-electron chi connectivity index (χ0n) is 13.6. The van der Waals surface area contributed by atoms with Gasteiger partial charge >= 0.3 is 0 Å². The minimum Gasteiger partial charge on any atom is -0.482 e. The quantitative estimate of drug-likeness (QED) is 0.837. The third-order valence-corrected chi connectivity index (χ3v) is 5.48. The van der Waals surface area contributed by atoms with Crippen LogP contribution in [0.3, 0.4) is 0 Å². The number of amides is 1. The maximum absolute atomic E-state index is 13.2. The summed E-state index contributed by atoms with van der Waals surface area (Å²) in [4.78, 5) is 19.5. The van der Waals surface area contributed by atoms with E-state index >= 15 is 0 Å². The molecule has 2 aliphatic heterocycles. The molecule has 2 aliphatic rings. The third kappa shape index (κ3) is 2.75. The third-order valence-electron chi connectivity index (χ3n) is 4.61. The van der Waals surface area contributed by atoms with Crippen molar-refractivity contribution in [3.8, 4) is 11.5 Å². The van der Waals surface area contributed by atoms with Crippen molar-refractivity contribution in [3.63, 3.8) is 0 Å². The highest BCUT2D eigenvalue weighted by Gasteiger charge is 2.40. The van der Waals surface area contributed by atoms with Crippen LogP contribution in [0.25, 0.3) is 0 Å². The topological polar surface area (TPSA) is 51.7 Å². The Labute approximate surface area is 145 Å². The Morgan fingerprint density at radius 3 is 2.79 bits per heavy atom. The first-order chi connectivity index (χ1) is 11.7. The predicted octanol–water partition coefficient (Wildman–Crippen LogP) is 3.43. The van der Waals surface area contributed by atoms with Gasteiger partial charge in [0.15, 0.2) is 11.5 Å². The number of fused-ring (bicyclic) bond motifs is 1. The van der Waals surface area contributed by atoms with Crippen LogP contribution < -0.4 is 9.47 Å². The van der Waals surface area contributed by atoms with E-state index in [1.165, 1.54) is 0 Å². The smallest absolute Gasteiger partial charge is 0.268 e. The average Bonchev–Trinajstić information content (AvgIpc) is 3.15. The number of carbonyl (C=O) groups is 1. The number of nitrogens with zero attached hydrogens (tertiary/aromatic N) is 2. The van der Waals surface area contributed by atoms with Gasteiger partial charge in [-0.05, 0) is 38.3 Å². The molecule has 3 atom stereocenters. The molecule has 0 spiro atoms. The number of thiazole rings is 1. The van der Waals surface area contributed by atoms with Gasteiger partial charge in [0.2, 0.25) is 6.10 Å². The molecular formula is C18H20N2O3S. The fourth-order valence-electron chi connectivity index (χ4n) is 3.41. The number of ether oxygens (including phenoxy) is 2. The van der Waals surface area contributed by atoms with Gasteiger partial charge < -0.3 is 14.4 Å². The lowest BCUT2D eigenvalue weighted by atomic mass is 10.0. The van der Waals surface area contributed by atoms with Crippen LogP contribution in [-0.4, -0.2) is 34.5 Å². The first kappa shape index (κ1) is 15.4. The maximum Gasteiger partial charge on any atom is 0.268 e. The Morgan fingerprint density at radius 2 is 2.04 bits per heavy atom. The molecule has 0 saturated carbocycles. The fourth-order valence-corrected chi connectivity index (χ4v) is 4.19. The van der Waals surface area contributed by atoms with Gasteiger partial charge in [-0.15, -0.1) is 11.3 Å². The molecule has 0 radical (unpaired) electrons. The molecule has 4 rings (SSSR count). The summed E-state index contributed by atoms with van der Waals surface area (Å²) < 4.78 is 11.9. The molecule has 1 saturated heterocycles. The van der Waals surface area contributed by atoms with Crippen LogP contribution in [0.4, 0.5) is 0 Å². The molecule has 0 N–H and O–H groups in total. The van der Waals surface area contributed by atoms with Crippen LogP contribution >= 0.6 is 11.3 Å². The van der Waals surface area contributed by atoms with E-state index in [1.54, 1.807) is 17.5 Å². The van der Waals surface area contributed by atoms with Crippen LogP contribution in [-0.2, 0) is 4.79 Å². The molecule has 0 aliphatic carbocycles. The Morgan fingerprint density at radius 1 is 1.25 bits per heavy atom. The maximum atomic E-state index is 13.2. The molecule has 1 aromatic heterocycles. The molecule has 126 valence electrons. The minimum absolute atomic E-state index is 0.00287. The Hall–Kier alpha value is -2.08. The van der Waals surface area contributed by atoms with Gasteiger partial charge in [0.25, 0.3) is 5.91 Å². The number of aromatic nitrogens is 1. The van der Waals surface area contributed by atoms with Crippen molar-refractivity contribution < 1.29 is 14.3 Å². The van der Waals surface area contributed by atoms with Gasteiger partial charge in [-0.3, -0.25) is 4.79 Å². The molecule has 1 amide bonds. The first-order valence-electron chi connectivity index (χ1n) is 8.36. The number of para-hydroxylation sites is 2. The number of benzene rings is 1. The zero-order valence-corrected chi connectivity index (χ0v) is 14.4. The summed E-state index contributed by atoms with van der Waals surface area (Å²) in [6, 6.07) is 7.56. The van der Waals surface area contributed by atoms with Crippen molar-refractivity contribution in [1.29, 1.82) is 0 Å². The van der Waals surface area contributed by atoms with Crippen LogP contribution in [0.5, 0.6) is 11.5 Å². The van der Waals surface area contributed by atoms with Crippen molar-refractivity contribution in [2.24, 2.45) is 0 Å². The first-order valence-corrected chi connectivity index (χ1v) is 9.24. The lowest BCUT2D eigenvalue weighted by Gasteiger charge is -2.39. The van der Waals surface area contributed by atoms with E-state index in [4.69, 9.17) is 9.47 Å². The van der Waals surface area contributed by atoms with Crippen molar-refractivity contribution >= 4 is 17.2 Å². The summed E-state index contributed by atoms with van der Waals surface area (Å²) >= 11 is 1.61. The number of piperidine rings is 1. The summed E-state index contributed by atoms with van der Waals surface area (Å²) in [6.45, 7) is 2.64. The van der Waals surface area contributed by atoms with E-state index in [9.17, 15) is 4.79 Å². The monoisotopic (exact) mass is 344 g/mol. The Bertz CT molecular complexity index is 719. The molecule has 1 fully saturated rings. The lowest BCUT2D eigenvalue weighted by Crippen LogP contribution is -2.52. The molecular weight excluding hydrogens is 324 g/mol. The summed E-state index contributed by atoms with van der Waals surface area (Å²) in [5.41, 5.74) is 0. The number of likely N-dealkylation sites (tertiary alicyclic amines) is 1. The fraction of sp³-hybridized carbons (Fsp3) is 0.444. The standard InChI is InChI=1S/C18H20N2O3S/c1-12-16(23-15-8-3-2-7-14(15)22-12)18(21)20-10-5-4-6-13(20)17-19-9-11-24-17/h2-3,7-9,11-13,16H,4-6,10H2,1H3/t12-,13-,16+/m0/s1. The van der Waals surface area contributed by atoms with E-state index in [-0.39, 0.29) is 18.1 Å². The largest absolute Gasteiger partial charge is 0.482 e. The van der Waals surface area contributed by atoms with Crippen molar-refractivity contribution in [2.45, 2.75) is 44.4 Å². The Balaban J connectivity index is 1.58. The molecule has 1 aromatic carbocycles. The number of hydrogen-bond acceptors (Lipinski definition) is 5.